The van der Waals surface area contributed by atoms with Crippen LogP contribution in [0.15, 0.2) is 18.3 Å². The van der Waals surface area contributed by atoms with E-state index in [1.165, 1.54) is 0 Å². The Hall–Kier alpha value is -1.62. The van der Waals surface area contributed by atoms with Gasteiger partial charge in [-0.15, -0.1) is 0 Å². The largest absolute Gasteiger partial charge is 0.444 e. The number of hydrogen-bond acceptors (Lipinski definition) is 4. The van der Waals surface area contributed by atoms with Crippen LogP contribution >= 0.6 is 0 Å². The Morgan fingerprint density at radius 3 is 2.53 bits per heavy atom. The molecule has 0 radical (unpaired) electrons. The molecule has 0 atom stereocenters. The topological polar surface area (TPSA) is 71.5 Å². The lowest BCUT2D eigenvalue weighted by molar-refractivity contribution is -0.0390. The highest BCUT2D eigenvalue weighted by atomic mass is 16.6. The molecule has 1 aliphatic rings. The summed E-state index contributed by atoms with van der Waals surface area (Å²) in [6, 6.07) is 3.47. The van der Waals surface area contributed by atoms with Gasteiger partial charge in [0.05, 0.1) is 5.60 Å². The zero-order valence-electron chi connectivity index (χ0n) is 11.6. The molecule has 1 heterocycles. The van der Waals surface area contributed by atoms with E-state index in [-0.39, 0.29) is 0 Å². The van der Waals surface area contributed by atoms with E-state index in [4.69, 9.17) is 4.74 Å². The summed E-state index contributed by atoms with van der Waals surface area (Å²) in [6.45, 7) is 5.40. The van der Waals surface area contributed by atoms with Gasteiger partial charge >= 0.3 is 6.09 Å². The summed E-state index contributed by atoms with van der Waals surface area (Å²) in [6.07, 6.45) is 3.65. The minimum atomic E-state index is -0.725. The molecule has 1 aromatic rings. The fraction of sp³-hybridized carbons (Fsp3) is 0.571. The molecule has 1 aliphatic carbocycles. The Labute approximate surface area is 113 Å². The van der Waals surface area contributed by atoms with Crippen molar-refractivity contribution >= 4 is 11.9 Å². The molecule has 0 saturated heterocycles. The predicted molar refractivity (Wildman–Crippen MR) is 71.8 cm³/mol. The molecule has 0 spiro atoms. The SMILES string of the molecule is CC(C)(C)OC(=O)Nc1ccc(C2(O)CCC2)cn1. The number of aliphatic hydroxyl groups is 1. The van der Waals surface area contributed by atoms with Crippen molar-refractivity contribution in [2.75, 3.05) is 5.32 Å². The number of anilines is 1. The molecule has 5 nitrogen and oxygen atoms in total. The molecule has 1 saturated carbocycles. The molecule has 2 rings (SSSR count). The Balaban J connectivity index is 1.97. The van der Waals surface area contributed by atoms with Gasteiger partial charge in [-0.25, -0.2) is 9.78 Å². The summed E-state index contributed by atoms with van der Waals surface area (Å²) in [5.74, 6) is 0.418. The third-order valence-electron chi connectivity index (χ3n) is 3.11. The highest BCUT2D eigenvalue weighted by Gasteiger charge is 2.36. The van der Waals surface area contributed by atoms with E-state index in [1.807, 2.05) is 0 Å². The van der Waals surface area contributed by atoms with Gasteiger partial charge in [0.1, 0.15) is 11.4 Å². The van der Waals surface area contributed by atoms with Crippen LogP contribution in [0.4, 0.5) is 10.6 Å². The van der Waals surface area contributed by atoms with Gasteiger partial charge in [0.2, 0.25) is 0 Å². The van der Waals surface area contributed by atoms with Gasteiger partial charge in [-0.1, -0.05) is 6.07 Å². The second-order valence-corrected chi connectivity index (χ2v) is 5.94. The first kappa shape index (κ1) is 13.8. The summed E-state index contributed by atoms with van der Waals surface area (Å²) in [7, 11) is 0. The van der Waals surface area contributed by atoms with Crippen molar-refractivity contribution < 1.29 is 14.6 Å². The zero-order valence-corrected chi connectivity index (χ0v) is 11.6. The van der Waals surface area contributed by atoms with Crippen LogP contribution in [-0.2, 0) is 10.3 Å². The highest BCUT2D eigenvalue weighted by molar-refractivity contribution is 5.83. The molecule has 5 heteroatoms. The summed E-state index contributed by atoms with van der Waals surface area (Å²) < 4.78 is 5.13. The molecule has 104 valence electrons. The van der Waals surface area contributed by atoms with Gasteiger partial charge < -0.3 is 9.84 Å². The zero-order chi connectivity index (χ0) is 14.1. The highest BCUT2D eigenvalue weighted by Crippen LogP contribution is 2.40. The van der Waals surface area contributed by atoms with E-state index < -0.39 is 17.3 Å². The smallest absolute Gasteiger partial charge is 0.413 e. The van der Waals surface area contributed by atoms with Crippen LogP contribution in [0, 0.1) is 0 Å². The lowest BCUT2D eigenvalue weighted by atomic mass is 9.76. The van der Waals surface area contributed by atoms with Crippen molar-refractivity contribution in [3.8, 4) is 0 Å². The molecule has 0 bridgehead atoms. The van der Waals surface area contributed by atoms with Crippen molar-refractivity contribution in [2.24, 2.45) is 0 Å². The van der Waals surface area contributed by atoms with Gasteiger partial charge in [0.15, 0.2) is 0 Å². The summed E-state index contributed by atoms with van der Waals surface area (Å²) >= 11 is 0. The molecule has 0 unspecified atom stereocenters. The third kappa shape index (κ3) is 3.44. The first-order valence-electron chi connectivity index (χ1n) is 6.47. The second kappa shape index (κ2) is 4.81. The Morgan fingerprint density at radius 2 is 2.11 bits per heavy atom. The van der Waals surface area contributed by atoms with Crippen LogP contribution in [-0.4, -0.2) is 21.8 Å². The van der Waals surface area contributed by atoms with Crippen molar-refractivity contribution in [3.05, 3.63) is 23.9 Å². The molecule has 2 N–H and O–H groups in total. The van der Waals surface area contributed by atoms with E-state index in [2.05, 4.69) is 10.3 Å². The number of aromatic nitrogens is 1. The Kier molecular flexibility index (Phi) is 3.49. The quantitative estimate of drug-likeness (QED) is 0.861. The van der Waals surface area contributed by atoms with E-state index in [0.29, 0.717) is 5.82 Å². The number of nitrogens with zero attached hydrogens (tertiary/aromatic N) is 1. The van der Waals surface area contributed by atoms with Gasteiger partial charge in [0, 0.05) is 11.8 Å². The number of carbonyl (C=O) groups is 1. The van der Waals surface area contributed by atoms with Gasteiger partial charge in [-0.3, -0.25) is 5.32 Å². The van der Waals surface area contributed by atoms with E-state index in [1.54, 1.807) is 39.1 Å². The van der Waals surface area contributed by atoms with Crippen LogP contribution in [0.5, 0.6) is 0 Å². The van der Waals surface area contributed by atoms with Crippen LogP contribution in [0.2, 0.25) is 0 Å². The maximum atomic E-state index is 11.6. The Bertz CT molecular complexity index is 459. The first-order valence-corrected chi connectivity index (χ1v) is 6.47. The molecule has 1 amide bonds. The summed E-state index contributed by atoms with van der Waals surface area (Å²) in [5, 5.41) is 12.7. The van der Waals surface area contributed by atoms with Crippen LogP contribution in [0.1, 0.15) is 45.6 Å². The van der Waals surface area contributed by atoms with Gasteiger partial charge in [0.25, 0.3) is 0 Å². The molecule has 0 aromatic carbocycles. The number of hydrogen-bond donors (Lipinski definition) is 2. The maximum Gasteiger partial charge on any atom is 0.413 e. The number of ether oxygens (including phenoxy) is 1. The third-order valence-corrected chi connectivity index (χ3v) is 3.11. The first-order chi connectivity index (χ1) is 8.78. The summed E-state index contributed by atoms with van der Waals surface area (Å²) in [4.78, 5) is 15.7. The minimum absolute atomic E-state index is 0.418. The molecular weight excluding hydrogens is 244 g/mol. The van der Waals surface area contributed by atoms with E-state index >= 15 is 0 Å². The maximum absolute atomic E-state index is 11.6. The monoisotopic (exact) mass is 264 g/mol. The molecular formula is C14H20N2O3. The average molecular weight is 264 g/mol. The van der Waals surface area contributed by atoms with Crippen molar-refractivity contribution in [1.82, 2.24) is 4.98 Å². The van der Waals surface area contributed by atoms with Crippen molar-refractivity contribution in [2.45, 2.75) is 51.2 Å². The molecule has 0 aliphatic heterocycles. The second-order valence-electron chi connectivity index (χ2n) is 5.94. The number of carbonyl (C=O) groups excluding carboxylic acids is 1. The van der Waals surface area contributed by atoms with Gasteiger partial charge in [-0.05, 0) is 46.1 Å². The Morgan fingerprint density at radius 1 is 1.42 bits per heavy atom. The van der Waals surface area contributed by atoms with Crippen LogP contribution in [0.25, 0.3) is 0 Å². The fourth-order valence-electron chi connectivity index (χ4n) is 1.95. The fourth-order valence-corrected chi connectivity index (χ4v) is 1.95. The predicted octanol–water partition coefficient (Wildman–Crippen LogP) is 2.80. The van der Waals surface area contributed by atoms with E-state index in [9.17, 15) is 9.90 Å². The minimum Gasteiger partial charge on any atom is -0.444 e. The summed E-state index contributed by atoms with van der Waals surface area (Å²) in [5.41, 5.74) is -0.462. The number of rotatable bonds is 2. The van der Waals surface area contributed by atoms with Gasteiger partial charge in [-0.2, -0.15) is 0 Å². The van der Waals surface area contributed by atoms with Crippen molar-refractivity contribution in [3.63, 3.8) is 0 Å². The standard InChI is InChI=1S/C14H20N2O3/c1-13(2,3)19-12(17)16-11-6-5-10(9-15-11)14(18)7-4-8-14/h5-6,9,18H,4,7-8H2,1-3H3,(H,15,16,17). The van der Waals surface area contributed by atoms with Crippen LogP contribution < -0.4 is 5.32 Å². The van der Waals surface area contributed by atoms with E-state index in [0.717, 1.165) is 24.8 Å². The molecule has 1 fully saturated rings. The van der Waals surface area contributed by atoms with Crippen molar-refractivity contribution in [1.29, 1.82) is 0 Å². The number of amides is 1. The molecule has 1 aromatic heterocycles. The lowest BCUT2D eigenvalue weighted by Crippen LogP contribution is -2.33. The molecule has 19 heavy (non-hydrogen) atoms. The normalized spacial score (nSPS) is 17.5. The number of pyridine rings is 1. The van der Waals surface area contributed by atoms with Crippen LogP contribution in [0.3, 0.4) is 0 Å². The number of nitrogens with one attached hydrogen (secondary N) is 1. The lowest BCUT2D eigenvalue weighted by Gasteiger charge is -2.36. The average Bonchev–Trinajstić information content (AvgIpc) is 2.24.